The van der Waals surface area contributed by atoms with Gasteiger partial charge in [-0.3, -0.25) is 14.5 Å². The minimum absolute atomic E-state index is 0.0234. The monoisotopic (exact) mass is 441 g/mol. The van der Waals surface area contributed by atoms with Gasteiger partial charge in [-0.15, -0.1) is 0 Å². The van der Waals surface area contributed by atoms with E-state index in [1.165, 1.54) is 11.0 Å². The number of ether oxygens (including phenoxy) is 1. The van der Waals surface area contributed by atoms with Gasteiger partial charge in [0.05, 0.1) is 5.69 Å². The molecular weight excluding hydrogens is 414 g/mol. The fraction of sp³-hybridized carbons (Fsp3) is 0.185. The molecule has 0 saturated carbocycles. The normalized spacial score (nSPS) is 15.5. The number of nitrogens with zero attached hydrogens (tertiary/aromatic N) is 2. The third-order valence-corrected chi connectivity index (χ3v) is 5.48. The van der Waals surface area contributed by atoms with Crippen LogP contribution in [-0.4, -0.2) is 42.4 Å². The summed E-state index contributed by atoms with van der Waals surface area (Å²) in [5, 5.41) is 0. The number of anilines is 1. The fourth-order valence-electron chi connectivity index (χ4n) is 3.73. The average molecular weight is 442 g/mol. The molecule has 2 N–H and O–H groups in total. The van der Waals surface area contributed by atoms with Crippen LogP contribution in [0.2, 0.25) is 0 Å². The van der Waals surface area contributed by atoms with Gasteiger partial charge in [0.15, 0.2) is 5.75 Å². The fourth-order valence-corrected chi connectivity index (χ4v) is 3.73. The highest BCUT2D eigenvalue weighted by Gasteiger charge is 2.28. The summed E-state index contributed by atoms with van der Waals surface area (Å²) in [6.45, 7) is 1.01. The molecule has 6 heteroatoms. The van der Waals surface area contributed by atoms with Gasteiger partial charge in [-0.05, 0) is 42.3 Å². The van der Waals surface area contributed by atoms with E-state index in [0.29, 0.717) is 30.3 Å². The molecule has 0 aliphatic carbocycles. The summed E-state index contributed by atoms with van der Waals surface area (Å²) in [4.78, 5) is 29.5. The van der Waals surface area contributed by atoms with Crippen LogP contribution < -0.4 is 15.4 Å². The van der Waals surface area contributed by atoms with E-state index in [1.54, 1.807) is 23.1 Å². The minimum Gasteiger partial charge on any atom is -0.455 e. The second-order valence-electron chi connectivity index (χ2n) is 7.94. The molecule has 0 spiro atoms. The van der Waals surface area contributed by atoms with E-state index in [-0.39, 0.29) is 24.4 Å². The molecule has 3 aromatic rings. The summed E-state index contributed by atoms with van der Waals surface area (Å²) < 4.78 is 6.06. The van der Waals surface area contributed by atoms with Gasteiger partial charge in [-0.1, -0.05) is 60.7 Å². The van der Waals surface area contributed by atoms with E-state index >= 15 is 0 Å². The Morgan fingerprint density at radius 3 is 2.33 bits per heavy atom. The van der Waals surface area contributed by atoms with Crippen molar-refractivity contribution in [3.05, 3.63) is 96.6 Å². The van der Waals surface area contributed by atoms with Crippen LogP contribution in [0, 0.1) is 0 Å². The molecule has 0 bridgehead atoms. The molecule has 1 heterocycles. The van der Waals surface area contributed by atoms with Crippen molar-refractivity contribution < 1.29 is 14.3 Å². The summed E-state index contributed by atoms with van der Waals surface area (Å²) in [7, 11) is 0. The summed E-state index contributed by atoms with van der Waals surface area (Å²) in [6.07, 6.45) is 3.99. The van der Waals surface area contributed by atoms with Crippen LogP contribution in [0.5, 0.6) is 11.5 Å². The molecule has 168 valence electrons. The first-order valence-electron chi connectivity index (χ1n) is 11.0. The molecule has 1 aliphatic heterocycles. The van der Waals surface area contributed by atoms with Gasteiger partial charge in [-0.25, -0.2) is 0 Å². The van der Waals surface area contributed by atoms with Crippen molar-refractivity contribution in [1.29, 1.82) is 0 Å². The number of amides is 2. The Hall–Kier alpha value is -3.90. The van der Waals surface area contributed by atoms with E-state index < -0.39 is 0 Å². The van der Waals surface area contributed by atoms with E-state index in [0.717, 1.165) is 12.0 Å². The molecule has 1 fully saturated rings. The Balaban J connectivity index is 1.63. The molecule has 0 radical (unpaired) electrons. The van der Waals surface area contributed by atoms with Crippen molar-refractivity contribution in [1.82, 2.24) is 4.90 Å². The average Bonchev–Trinajstić information content (AvgIpc) is 3.29. The topological polar surface area (TPSA) is 75.9 Å². The number of nitrogens with two attached hydrogens (primary N) is 1. The lowest BCUT2D eigenvalue weighted by molar-refractivity contribution is -0.130. The van der Waals surface area contributed by atoms with Crippen LogP contribution in [-0.2, 0) is 9.59 Å². The highest BCUT2D eigenvalue weighted by molar-refractivity contribution is 6.07. The first-order chi connectivity index (χ1) is 16.1. The third-order valence-electron chi connectivity index (χ3n) is 5.48. The first kappa shape index (κ1) is 22.3. The maximum absolute atomic E-state index is 13.3. The summed E-state index contributed by atoms with van der Waals surface area (Å²) in [6, 6.07) is 26.1. The number of carbonyl (C=O) groups excluding carboxylic acids is 2. The number of likely N-dealkylation sites (tertiary alicyclic amines) is 1. The maximum atomic E-state index is 13.3. The van der Waals surface area contributed by atoms with Gasteiger partial charge in [0, 0.05) is 25.2 Å². The summed E-state index contributed by atoms with van der Waals surface area (Å²) >= 11 is 0. The predicted octanol–water partition coefficient (Wildman–Crippen LogP) is 4.08. The Bertz CT molecular complexity index is 1120. The largest absolute Gasteiger partial charge is 0.455 e. The minimum atomic E-state index is -0.306. The van der Waals surface area contributed by atoms with Crippen molar-refractivity contribution >= 4 is 23.6 Å². The first-order valence-corrected chi connectivity index (χ1v) is 11.0. The summed E-state index contributed by atoms with van der Waals surface area (Å²) in [5.41, 5.74) is 7.41. The van der Waals surface area contributed by atoms with Crippen LogP contribution in [0.1, 0.15) is 12.0 Å². The zero-order chi connectivity index (χ0) is 23.0. The van der Waals surface area contributed by atoms with Crippen molar-refractivity contribution in [2.45, 2.75) is 12.5 Å². The van der Waals surface area contributed by atoms with Crippen molar-refractivity contribution in [2.24, 2.45) is 5.73 Å². The van der Waals surface area contributed by atoms with E-state index in [9.17, 15) is 9.59 Å². The van der Waals surface area contributed by atoms with E-state index in [4.69, 9.17) is 10.5 Å². The zero-order valence-corrected chi connectivity index (χ0v) is 18.3. The van der Waals surface area contributed by atoms with Crippen LogP contribution >= 0.6 is 0 Å². The molecule has 1 saturated heterocycles. The quantitative estimate of drug-likeness (QED) is 0.561. The number of benzene rings is 3. The molecule has 0 aromatic heterocycles. The Morgan fingerprint density at radius 1 is 0.970 bits per heavy atom. The summed E-state index contributed by atoms with van der Waals surface area (Å²) in [5.74, 6) is 0.698. The maximum Gasteiger partial charge on any atom is 0.251 e. The van der Waals surface area contributed by atoms with Crippen LogP contribution in [0.15, 0.2) is 91.0 Å². The van der Waals surface area contributed by atoms with Gasteiger partial charge in [0.1, 0.15) is 12.3 Å². The Morgan fingerprint density at radius 2 is 1.64 bits per heavy atom. The lowest BCUT2D eigenvalue weighted by Crippen LogP contribution is -2.42. The van der Waals surface area contributed by atoms with Gasteiger partial charge < -0.3 is 15.4 Å². The van der Waals surface area contributed by atoms with Gasteiger partial charge >= 0.3 is 0 Å². The number of hydrogen-bond acceptors (Lipinski definition) is 4. The van der Waals surface area contributed by atoms with Crippen LogP contribution in [0.3, 0.4) is 0 Å². The molecule has 33 heavy (non-hydrogen) atoms. The highest BCUT2D eigenvalue weighted by atomic mass is 16.5. The van der Waals surface area contributed by atoms with Crippen LogP contribution in [0.25, 0.3) is 6.08 Å². The molecule has 6 nitrogen and oxygen atoms in total. The SMILES string of the molecule is NC1CCN(C(=O)CN(C(=O)/C=C/c2ccccc2)c2ccccc2Oc2ccccc2)C1. The lowest BCUT2D eigenvalue weighted by atomic mass is 10.2. The third kappa shape index (κ3) is 5.87. The van der Waals surface area contributed by atoms with Crippen molar-refractivity contribution in [2.75, 3.05) is 24.5 Å². The zero-order valence-electron chi connectivity index (χ0n) is 18.3. The molecule has 1 aliphatic rings. The van der Waals surface area contributed by atoms with Crippen LogP contribution in [0.4, 0.5) is 5.69 Å². The number of para-hydroxylation sites is 3. The lowest BCUT2D eigenvalue weighted by Gasteiger charge is -2.26. The molecule has 2 amide bonds. The molecule has 1 atom stereocenters. The van der Waals surface area contributed by atoms with Crippen molar-refractivity contribution in [3.63, 3.8) is 0 Å². The number of hydrogen-bond donors (Lipinski definition) is 1. The van der Waals surface area contributed by atoms with Gasteiger partial charge in [0.25, 0.3) is 5.91 Å². The van der Waals surface area contributed by atoms with Gasteiger partial charge in [0.2, 0.25) is 5.91 Å². The predicted molar refractivity (Wildman–Crippen MR) is 130 cm³/mol. The number of rotatable bonds is 7. The van der Waals surface area contributed by atoms with E-state index in [1.807, 2.05) is 72.8 Å². The standard InChI is InChI=1S/C27H27N3O3/c28-22-17-18-29(19-22)27(32)20-30(26(31)16-15-21-9-3-1-4-10-21)24-13-7-8-14-25(24)33-23-11-5-2-6-12-23/h1-16,22H,17-20,28H2/b16-15+. The molecule has 3 aromatic carbocycles. The number of carbonyl (C=O) groups is 2. The molecular formula is C27H27N3O3. The van der Waals surface area contributed by atoms with Crippen molar-refractivity contribution in [3.8, 4) is 11.5 Å². The Kier molecular flexibility index (Phi) is 7.17. The van der Waals surface area contributed by atoms with E-state index in [2.05, 4.69) is 0 Å². The highest BCUT2D eigenvalue weighted by Crippen LogP contribution is 2.32. The second-order valence-corrected chi connectivity index (χ2v) is 7.94. The molecule has 1 unspecified atom stereocenters. The second kappa shape index (κ2) is 10.6. The van der Waals surface area contributed by atoms with Gasteiger partial charge in [-0.2, -0.15) is 0 Å². The Labute approximate surface area is 193 Å². The smallest absolute Gasteiger partial charge is 0.251 e. The molecule has 4 rings (SSSR count).